The highest BCUT2D eigenvalue weighted by molar-refractivity contribution is 5.48. The van der Waals surface area contributed by atoms with Crippen LogP contribution in [-0.2, 0) is 0 Å². The second-order valence-corrected chi connectivity index (χ2v) is 3.20. The molecule has 6 heteroatoms. The van der Waals surface area contributed by atoms with Crippen molar-refractivity contribution in [1.29, 1.82) is 5.26 Å². The van der Waals surface area contributed by atoms with E-state index in [0.717, 1.165) is 0 Å². The number of benzene rings is 1. The highest BCUT2D eigenvalue weighted by Crippen LogP contribution is 2.26. The van der Waals surface area contributed by atoms with Crippen molar-refractivity contribution in [1.82, 2.24) is 0 Å². The van der Waals surface area contributed by atoms with E-state index in [1.807, 2.05) is 6.07 Å². The van der Waals surface area contributed by atoms with E-state index >= 15 is 0 Å². The molecule has 0 aliphatic carbocycles. The normalized spacial score (nSPS) is 11.6. The minimum Gasteiger partial charge on any atom is -0.490 e. The summed E-state index contributed by atoms with van der Waals surface area (Å²) in [6.07, 6.45) is 0. The summed E-state index contributed by atoms with van der Waals surface area (Å²) in [6.45, 7) is 1.60. The van der Waals surface area contributed by atoms with Crippen molar-refractivity contribution in [3.8, 4) is 11.8 Å². The van der Waals surface area contributed by atoms with Gasteiger partial charge in [-0.2, -0.15) is 5.26 Å². The molecule has 0 aliphatic rings. The third-order valence-corrected chi connectivity index (χ3v) is 2.04. The SMILES string of the molecule is Cc1c(OCC(N)C#N)cccc1[N+](=O)[O-]. The quantitative estimate of drug-likeness (QED) is 0.606. The van der Waals surface area contributed by atoms with Crippen molar-refractivity contribution < 1.29 is 9.66 Å². The Morgan fingerprint density at radius 3 is 2.94 bits per heavy atom. The Bertz CT molecular complexity index is 439. The summed E-state index contributed by atoms with van der Waals surface area (Å²) in [5, 5.41) is 19.1. The predicted molar refractivity (Wildman–Crippen MR) is 56.9 cm³/mol. The number of hydrogen-bond donors (Lipinski definition) is 1. The molecule has 6 nitrogen and oxygen atoms in total. The molecule has 1 aromatic rings. The van der Waals surface area contributed by atoms with Crippen LogP contribution in [0.15, 0.2) is 18.2 Å². The zero-order valence-electron chi connectivity index (χ0n) is 8.71. The fourth-order valence-electron chi connectivity index (χ4n) is 1.17. The largest absolute Gasteiger partial charge is 0.490 e. The summed E-state index contributed by atoms with van der Waals surface area (Å²) >= 11 is 0. The molecule has 0 saturated heterocycles. The molecular weight excluding hydrogens is 210 g/mol. The lowest BCUT2D eigenvalue weighted by molar-refractivity contribution is -0.385. The summed E-state index contributed by atoms with van der Waals surface area (Å²) < 4.78 is 5.23. The maximum absolute atomic E-state index is 10.6. The average molecular weight is 221 g/mol. The summed E-state index contributed by atoms with van der Waals surface area (Å²) in [4.78, 5) is 10.2. The number of nitrogens with two attached hydrogens (primary N) is 1. The number of nitrogens with zero attached hydrogens (tertiary/aromatic N) is 2. The van der Waals surface area contributed by atoms with Crippen LogP contribution in [0.2, 0.25) is 0 Å². The van der Waals surface area contributed by atoms with Crippen molar-refractivity contribution in [3.63, 3.8) is 0 Å². The zero-order valence-corrected chi connectivity index (χ0v) is 8.71. The van der Waals surface area contributed by atoms with Gasteiger partial charge in [0.2, 0.25) is 0 Å². The maximum Gasteiger partial charge on any atom is 0.276 e. The smallest absolute Gasteiger partial charge is 0.276 e. The van der Waals surface area contributed by atoms with Crippen LogP contribution in [-0.4, -0.2) is 17.6 Å². The Hall–Kier alpha value is -2.13. The molecular formula is C10H11N3O3. The van der Waals surface area contributed by atoms with Gasteiger partial charge in [0.05, 0.1) is 16.6 Å². The molecule has 1 atom stereocenters. The number of rotatable bonds is 4. The first-order valence-electron chi connectivity index (χ1n) is 4.58. The monoisotopic (exact) mass is 221 g/mol. The van der Waals surface area contributed by atoms with Gasteiger partial charge in [0.15, 0.2) is 0 Å². The Morgan fingerprint density at radius 2 is 2.38 bits per heavy atom. The highest BCUT2D eigenvalue weighted by Gasteiger charge is 2.14. The van der Waals surface area contributed by atoms with Gasteiger partial charge in [-0.1, -0.05) is 6.07 Å². The summed E-state index contributed by atoms with van der Waals surface area (Å²) in [6, 6.07) is 5.60. The van der Waals surface area contributed by atoms with Crippen molar-refractivity contribution >= 4 is 5.69 Å². The van der Waals surface area contributed by atoms with Crippen LogP contribution in [0.4, 0.5) is 5.69 Å². The molecule has 1 unspecified atom stereocenters. The van der Waals surface area contributed by atoms with E-state index in [1.165, 1.54) is 12.1 Å². The second kappa shape index (κ2) is 5.09. The third kappa shape index (κ3) is 2.68. The van der Waals surface area contributed by atoms with Crippen LogP contribution >= 0.6 is 0 Å². The molecule has 0 aliphatic heterocycles. The summed E-state index contributed by atoms with van der Waals surface area (Å²) in [5.74, 6) is 0.375. The first-order chi connectivity index (χ1) is 7.56. The van der Waals surface area contributed by atoms with Crippen molar-refractivity contribution in [3.05, 3.63) is 33.9 Å². The lowest BCUT2D eigenvalue weighted by Gasteiger charge is -2.09. The predicted octanol–water partition coefficient (Wildman–Crippen LogP) is 1.13. The Kier molecular flexibility index (Phi) is 3.80. The van der Waals surface area contributed by atoms with Gasteiger partial charge in [0, 0.05) is 6.07 Å². The van der Waals surface area contributed by atoms with Crippen molar-refractivity contribution in [2.24, 2.45) is 5.73 Å². The van der Waals surface area contributed by atoms with E-state index in [0.29, 0.717) is 11.3 Å². The van der Waals surface area contributed by atoms with Crippen LogP contribution in [0.5, 0.6) is 5.75 Å². The van der Waals surface area contributed by atoms with Gasteiger partial charge in [0.1, 0.15) is 18.4 Å². The molecule has 0 spiro atoms. The van der Waals surface area contributed by atoms with Crippen molar-refractivity contribution in [2.75, 3.05) is 6.61 Å². The molecule has 0 radical (unpaired) electrons. The molecule has 0 bridgehead atoms. The number of nitriles is 1. The fourth-order valence-corrected chi connectivity index (χ4v) is 1.17. The lowest BCUT2D eigenvalue weighted by Crippen LogP contribution is -2.25. The topological polar surface area (TPSA) is 102 Å². The number of nitro benzene ring substituents is 1. The molecule has 16 heavy (non-hydrogen) atoms. The van der Waals surface area contributed by atoms with E-state index in [9.17, 15) is 10.1 Å². The maximum atomic E-state index is 10.6. The molecule has 0 fully saturated rings. The first-order valence-corrected chi connectivity index (χ1v) is 4.58. The standard InChI is InChI=1S/C10H11N3O3/c1-7-9(13(14)15)3-2-4-10(7)16-6-8(12)5-11/h2-4,8H,6,12H2,1H3. The van der Waals surface area contributed by atoms with Crippen LogP contribution in [0.3, 0.4) is 0 Å². The number of nitro groups is 1. The van der Waals surface area contributed by atoms with Crippen LogP contribution in [0.25, 0.3) is 0 Å². The van der Waals surface area contributed by atoms with Gasteiger partial charge in [-0.3, -0.25) is 10.1 Å². The molecule has 0 heterocycles. The number of ether oxygens (including phenoxy) is 1. The summed E-state index contributed by atoms with van der Waals surface area (Å²) in [7, 11) is 0. The van der Waals surface area contributed by atoms with Gasteiger partial charge >= 0.3 is 0 Å². The molecule has 84 valence electrons. The Morgan fingerprint density at radius 1 is 1.69 bits per heavy atom. The van der Waals surface area contributed by atoms with Gasteiger partial charge in [0.25, 0.3) is 5.69 Å². The molecule has 2 N–H and O–H groups in total. The second-order valence-electron chi connectivity index (χ2n) is 3.20. The van der Waals surface area contributed by atoms with E-state index in [2.05, 4.69) is 0 Å². The molecule has 1 rings (SSSR count). The van der Waals surface area contributed by atoms with Crippen LogP contribution in [0, 0.1) is 28.4 Å². The fraction of sp³-hybridized carbons (Fsp3) is 0.300. The average Bonchev–Trinajstić information content (AvgIpc) is 2.26. The van der Waals surface area contributed by atoms with Crippen molar-refractivity contribution in [2.45, 2.75) is 13.0 Å². The van der Waals surface area contributed by atoms with E-state index in [1.54, 1.807) is 13.0 Å². The van der Waals surface area contributed by atoms with Crippen LogP contribution < -0.4 is 10.5 Å². The minimum atomic E-state index is -0.737. The minimum absolute atomic E-state index is 0.0111. The van der Waals surface area contributed by atoms with E-state index in [-0.39, 0.29) is 12.3 Å². The van der Waals surface area contributed by atoms with E-state index in [4.69, 9.17) is 15.7 Å². The molecule has 1 aromatic carbocycles. The highest BCUT2D eigenvalue weighted by atomic mass is 16.6. The Labute approximate surface area is 92.4 Å². The molecule has 0 aromatic heterocycles. The van der Waals surface area contributed by atoms with Gasteiger partial charge in [-0.15, -0.1) is 0 Å². The van der Waals surface area contributed by atoms with E-state index < -0.39 is 11.0 Å². The Balaban J connectivity index is 2.86. The summed E-state index contributed by atoms with van der Waals surface area (Å²) in [5.41, 5.74) is 5.77. The van der Waals surface area contributed by atoms with Gasteiger partial charge in [-0.05, 0) is 13.0 Å². The van der Waals surface area contributed by atoms with Gasteiger partial charge in [-0.25, -0.2) is 0 Å². The first kappa shape index (κ1) is 11.9. The van der Waals surface area contributed by atoms with Crippen LogP contribution in [0.1, 0.15) is 5.56 Å². The number of hydrogen-bond acceptors (Lipinski definition) is 5. The zero-order chi connectivity index (χ0) is 12.1. The molecule has 0 amide bonds. The lowest BCUT2D eigenvalue weighted by atomic mass is 10.2. The molecule has 0 saturated carbocycles. The third-order valence-electron chi connectivity index (χ3n) is 2.04. The van der Waals surface area contributed by atoms with Gasteiger partial charge < -0.3 is 10.5 Å².